The van der Waals surface area contributed by atoms with Crippen molar-refractivity contribution < 1.29 is 38.1 Å². The summed E-state index contributed by atoms with van der Waals surface area (Å²) in [6, 6.07) is 0. The third-order valence-electron chi connectivity index (χ3n) is 9.43. The number of methoxy groups -OCH3 is 1. The average molecular weight is 647 g/mol. The first kappa shape index (κ1) is 38.1. The van der Waals surface area contributed by atoms with E-state index in [-0.39, 0.29) is 54.2 Å². The third kappa shape index (κ3) is 11.7. The minimum absolute atomic E-state index is 0.0161. The van der Waals surface area contributed by atoms with E-state index in [9.17, 15) is 14.4 Å². The van der Waals surface area contributed by atoms with Gasteiger partial charge in [-0.15, -0.1) is 0 Å². The van der Waals surface area contributed by atoms with Gasteiger partial charge in [0.15, 0.2) is 0 Å². The summed E-state index contributed by atoms with van der Waals surface area (Å²) in [5, 5.41) is 3.00. The van der Waals surface area contributed by atoms with Crippen molar-refractivity contribution in [2.24, 2.45) is 17.8 Å². The molecule has 0 bridgehead atoms. The molecule has 0 aromatic rings. The van der Waals surface area contributed by atoms with Gasteiger partial charge in [-0.25, -0.2) is 0 Å². The van der Waals surface area contributed by atoms with E-state index in [1.54, 1.807) is 7.11 Å². The number of carbonyl (C=O) groups is 3. The molecular weight excluding hydrogens is 588 g/mol. The number of nitrogens with one attached hydrogen (secondary N) is 1. The van der Waals surface area contributed by atoms with Gasteiger partial charge in [-0.2, -0.15) is 0 Å². The summed E-state index contributed by atoms with van der Waals surface area (Å²) >= 11 is 0. The molecule has 10 nitrogen and oxygen atoms in total. The first-order valence-corrected chi connectivity index (χ1v) is 17.2. The molecule has 8 atom stereocenters. The van der Waals surface area contributed by atoms with Crippen LogP contribution in [0.5, 0.6) is 0 Å². The van der Waals surface area contributed by atoms with Crippen molar-refractivity contribution in [3.8, 4) is 0 Å². The van der Waals surface area contributed by atoms with Gasteiger partial charge in [0, 0.05) is 51.3 Å². The highest BCUT2D eigenvalue weighted by atomic mass is 16.6. The number of carbonyl (C=O) groups excluding carboxylic acids is 3. The van der Waals surface area contributed by atoms with Crippen LogP contribution in [0.15, 0.2) is 36.0 Å². The number of hydrogen-bond acceptors (Lipinski definition) is 8. The fourth-order valence-electron chi connectivity index (χ4n) is 6.73. The van der Waals surface area contributed by atoms with Gasteiger partial charge >= 0.3 is 0 Å². The molecule has 3 aliphatic rings. The van der Waals surface area contributed by atoms with E-state index < -0.39 is 0 Å². The number of epoxide rings is 1. The van der Waals surface area contributed by atoms with Crippen LogP contribution in [0.2, 0.25) is 0 Å². The third-order valence-corrected chi connectivity index (χ3v) is 9.43. The Bertz CT molecular complexity index is 1070. The van der Waals surface area contributed by atoms with Crippen LogP contribution in [0.3, 0.4) is 0 Å². The number of hydrogen-bond donors (Lipinski definition) is 1. The SMILES string of the molecule is CC[C@H](OC)[C@@H](C)[C@H]1O[C@]1(C)C[C@H](C)/C=C/C=C(\C)[C@H]1O[C@@H](CNC(=O)CCOCCOCCCN2C(=O)C=CC2=O)CC[C@@H]1C. The molecule has 3 rings (SSSR count). The van der Waals surface area contributed by atoms with Gasteiger partial charge in [0.05, 0.1) is 49.8 Å². The Hall–Kier alpha value is -2.37. The predicted molar refractivity (Wildman–Crippen MR) is 177 cm³/mol. The first-order valence-electron chi connectivity index (χ1n) is 17.2. The fraction of sp³-hybridized carbons (Fsp3) is 0.750. The summed E-state index contributed by atoms with van der Waals surface area (Å²) in [5.74, 6) is 0.568. The van der Waals surface area contributed by atoms with Crippen LogP contribution in [-0.4, -0.2) is 99.3 Å². The maximum Gasteiger partial charge on any atom is 0.253 e. The van der Waals surface area contributed by atoms with E-state index in [1.165, 1.54) is 22.6 Å². The van der Waals surface area contributed by atoms with Crippen LogP contribution < -0.4 is 5.32 Å². The van der Waals surface area contributed by atoms with E-state index in [1.807, 2.05) is 0 Å². The van der Waals surface area contributed by atoms with Gasteiger partial charge in [0.25, 0.3) is 11.8 Å². The first-order chi connectivity index (χ1) is 22.0. The van der Waals surface area contributed by atoms with E-state index >= 15 is 0 Å². The largest absolute Gasteiger partial charge is 0.381 e. The Morgan fingerprint density at radius 2 is 1.83 bits per heavy atom. The molecule has 10 heteroatoms. The number of nitrogens with zero attached hydrogens (tertiary/aromatic N) is 1. The summed E-state index contributed by atoms with van der Waals surface area (Å²) < 4.78 is 29.3. The van der Waals surface area contributed by atoms with Gasteiger partial charge in [-0.1, -0.05) is 45.9 Å². The molecule has 0 spiro atoms. The Morgan fingerprint density at radius 1 is 1.13 bits per heavy atom. The van der Waals surface area contributed by atoms with Crippen molar-refractivity contribution in [2.45, 2.75) is 110 Å². The van der Waals surface area contributed by atoms with Crippen molar-refractivity contribution in [1.82, 2.24) is 10.2 Å². The van der Waals surface area contributed by atoms with Crippen LogP contribution in [0, 0.1) is 17.8 Å². The summed E-state index contributed by atoms with van der Waals surface area (Å²) in [6.45, 7) is 15.5. The molecule has 0 saturated carbocycles. The van der Waals surface area contributed by atoms with Crippen LogP contribution >= 0.6 is 0 Å². The lowest BCUT2D eigenvalue weighted by atomic mass is 9.86. The van der Waals surface area contributed by atoms with E-state index in [0.717, 1.165) is 25.7 Å². The predicted octanol–water partition coefficient (Wildman–Crippen LogP) is 4.77. The normalized spacial score (nSPS) is 28.6. The summed E-state index contributed by atoms with van der Waals surface area (Å²) in [6.07, 6.45) is 14.4. The molecule has 3 heterocycles. The monoisotopic (exact) mass is 646 g/mol. The molecule has 260 valence electrons. The number of imide groups is 1. The highest BCUT2D eigenvalue weighted by Gasteiger charge is 2.56. The zero-order valence-corrected chi connectivity index (χ0v) is 29.1. The Kier molecular flexibility index (Phi) is 15.6. The summed E-state index contributed by atoms with van der Waals surface area (Å²) in [7, 11) is 1.79. The molecule has 0 unspecified atom stereocenters. The van der Waals surface area contributed by atoms with Crippen molar-refractivity contribution in [3.05, 3.63) is 36.0 Å². The van der Waals surface area contributed by atoms with E-state index in [0.29, 0.717) is 63.7 Å². The second-order valence-electron chi connectivity index (χ2n) is 13.4. The lowest BCUT2D eigenvalue weighted by Gasteiger charge is -2.35. The van der Waals surface area contributed by atoms with Gasteiger partial charge in [0.2, 0.25) is 5.91 Å². The standard InChI is InChI=1S/C36H58N2O8/c1-8-30(42-7)28(5)35-36(6,46-35)23-25(2)11-9-12-26(3)34-27(4)13-14-29(45-34)24-37-31(39)17-20-44-22-21-43-19-10-18-38-32(40)15-16-33(38)41/h9,11-12,15-16,25,27-30,34-35H,8,10,13-14,17-24H2,1-7H3,(H,37,39)/b11-9+,26-12+/t25-,27+,28-,29-,30+,34-,35-,36-/m1/s1. The van der Waals surface area contributed by atoms with Crippen molar-refractivity contribution >= 4 is 17.7 Å². The molecule has 2 fully saturated rings. The van der Waals surface area contributed by atoms with Crippen molar-refractivity contribution in [3.63, 3.8) is 0 Å². The van der Waals surface area contributed by atoms with Gasteiger partial charge < -0.3 is 29.0 Å². The summed E-state index contributed by atoms with van der Waals surface area (Å²) in [4.78, 5) is 36.6. The van der Waals surface area contributed by atoms with Gasteiger partial charge in [-0.3, -0.25) is 19.3 Å². The molecule has 3 amide bonds. The minimum Gasteiger partial charge on any atom is -0.381 e. The summed E-state index contributed by atoms with van der Waals surface area (Å²) in [5.41, 5.74) is 1.11. The molecule has 0 aromatic heterocycles. The van der Waals surface area contributed by atoms with Crippen molar-refractivity contribution in [2.75, 3.05) is 46.6 Å². The lowest BCUT2D eigenvalue weighted by molar-refractivity contribution is -0.137. The van der Waals surface area contributed by atoms with Crippen LogP contribution in [0.4, 0.5) is 0 Å². The van der Waals surface area contributed by atoms with E-state index in [4.69, 9.17) is 23.7 Å². The van der Waals surface area contributed by atoms with E-state index in [2.05, 4.69) is 65.1 Å². The molecule has 2 saturated heterocycles. The highest BCUT2D eigenvalue weighted by molar-refractivity contribution is 6.12. The zero-order chi connectivity index (χ0) is 33.7. The Morgan fingerprint density at radius 3 is 2.50 bits per heavy atom. The molecular formula is C36H58N2O8. The number of rotatable bonds is 21. The Balaban J connectivity index is 1.27. The topological polar surface area (TPSA) is 116 Å². The average Bonchev–Trinajstić information content (AvgIpc) is 3.59. The Labute approximate surface area is 276 Å². The zero-order valence-electron chi connectivity index (χ0n) is 29.1. The molecule has 0 radical (unpaired) electrons. The number of ether oxygens (including phenoxy) is 5. The highest BCUT2D eigenvalue weighted by Crippen LogP contribution is 2.47. The number of amides is 3. The smallest absolute Gasteiger partial charge is 0.253 e. The molecule has 0 aliphatic carbocycles. The fourth-order valence-corrected chi connectivity index (χ4v) is 6.73. The maximum absolute atomic E-state index is 12.4. The molecule has 46 heavy (non-hydrogen) atoms. The molecule has 1 N–H and O–H groups in total. The second-order valence-corrected chi connectivity index (χ2v) is 13.4. The maximum atomic E-state index is 12.4. The lowest BCUT2D eigenvalue weighted by Crippen LogP contribution is -2.41. The van der Waals surface area contributed by atoms with Gasteiger partial charge in [0.1, 0.15) is 0 Å². The van der Waals surface area contributed by atoms with Crippen LogP contribution in [-0.2, 0) is 38.1 Å². The van der Waals surface area contributed by atoms with Gasteiger partial charge in [-0.05, 0) is 63.4 Å². The minimum atomic E-state index is -0.279. The quantitative estimate of drug-likeness (QED) is 0.0821. The molecule has 3 aliphatic heterocycles. The molecule has 0 aromatic carbocycles. The van der Waals surface area contributed by atoms with Crippen molar-refractivity contribution in [1.29, 1.82) is 0 Å². The number of allylic oxidation sites excluding steroid dienone is 3. The van der Waals surface area contributed by atoms with Crippen LogP contribution in [0.1, 0.15) is 80.1 Å². The second kappa shape index (κ2) is 18.8. The van der Waals surface area contributed by atoms with Crippen LogP contribution in [0.25, 0.3) is 0 Å².